The summed E-state index contributed by atoms with van der Waals surface area (Å²) in [6.07, 6.45) is 4.59. The van der Waals surface area contributed by atoms with E-state index in [9.17, 15) is 19.1 Å². The number of hydrogen-bond donors (Lipinski definition) is 3. The van der Waals surface area contributed by atoms with E-state index in [0.29, 0.717) is 65.6 Å². The van der Waals surface area contributed by atoms with Crippen molar-refractivity contribution in [1.82, 2.24) is 25.2 Å². The van der Waals surface area contributed by atoms with Crippen molar-refractivity contribution in [2.45, 2.75) is 38.3 Å². The van der Waals surface area contributed by atoms with Gasteiger partial charge >= 0.3 is 0 Å². The van der Waals surface area contributed by atoms with Gasteiger partial charge < -0.3 is 29.8 Å². The van der Waals surface area contributed by atoms with E-state index >= 15 is 0 Å². The van der Waals surface area contributed by atoms with Crippen LogP contribution in [0.15, 0.2) is 24.7 Å². The molecule has 0 spiro atoms. The lowest BCUT2D eigenvalue weighted by Crippen LogP contribution is -2.40. The lowest BCUT2D eigenvalue weighted by molar-refractivity contribution is -0.138. The molecule has 1 aromatic carbocycles. The van der Waals surface area contributed by atoms with E-state index in [-0.39, 0.29) is 23.6 Å². The Morgan fingerprint density at radius 1 is 1.28 bits per heavy atom. The summed E-state index contributed by atoms with van der Waals surface area (Å²) in [7, 11) is 1.39. The first-order chi connectivity index (χ1) is 17.4. The molecule has 2 atom stereocenters. The highest BCUT2D eigenvalue weighted by Gasteiger charge is 2.30. The molecule has 10 nitrogen and oxygen atoms in total. The van der Waals surface area contributed by atoms with E-state index in [1.807, 2.05) is 0 Å². The number of H-pyrrole nitrogens is 1. The number of carbonyl (C=O) groups is 2. The number of nitrogens with one attached hydrogen (secondary N) is 2. The SMILES string of the molecule is COc1cc(-c2ncnc3c(C(=O)N[C@@H]4CCN(C(=O)[C@H](C)O)C4)c[nH]c23)c(OCC2CC2)cc1F. The quantitative estimate of drug-likeness (QED) is 0.435. The molecule has 5 rings (SSSR count). The number of nitrogens with zero attached hydrogens (tertiary/aromatic N) is 3. The van der Waals surface area contributed by atoms with Crippen LogP contribution in [0.2, 0.25) is 0 Å². The fraction of sp³-hybridized carbons (Fsp3) is 0.440. The molecule has 0 radical (unpaired) electrons. The number of rotatable bonds is 8. The lowest BCUT2D eigenvalue weighted by Gasteiger charge is -2.18. The number of likely N-dealkylation sites (tertiary alicyclic amines) is 1. The van der Waals surface area contributed by atoms with Gasteiger partial charge in [0.05, 0.1) is 24.8 Å². The molecule has 3 heterocycles. The Balaban J connectivity index is 1.42. The number of aliphatic hydroxyl groups is 1. The summed E-state index contributed by atoms with van der Waals surface area (Å²) in [5.74, 6) is -0.373. The molecule has 190 valence electrons. The summed E-state index contributed by atoms with van der Waals surface area (Å²) >= 11 is 0. The van der Waals surface area contributed by atoms with Crippen molar-refractivity contribution >= 4 is 22.8 Å². The number of hydrogen-bond acceptors (Lipinski definition) is 7. The summed E-state index contributed by atoms with van der Waals surface area (Å²) in [6.45, 7) is 2.71. The van der Waals surface area contributed by atoms with Gasteiger partial charge in [-0.25, -0.2) is 14.4 Å². The third-order valence-electron chi connectivity index (χ3n) is 6.58. The lowest BCUT2D eigenvalue weighted by atomic mass is 10.1. The molecule has 3 aromatic rings. The largest absolute Gasteiger partial charge is 0.494 e. The number of halogens is 1. The minimum Gasteiger partial charge on any atom is -0.494 e. The molecule has 1 saturated carbocycles. The van der Waals surface area contributed by atoms with Gasteiger partial charge in [0.25, 0.3) is 11.8 Å². The van der Waals surface area contributed by atoms with Crippen molar-refractivity contribution in [3.05, 3.63) is 36.0 Å². The molecule has 3 N–H and O–H groups in total. The van der Waals surface area contributed by atoms with Gasteiger partial charge in [-0.2, -0.15) is 0 Å². The van der Waals surface area contributed by atoms with E-state index in [1.165, 1.54) is 37.4 Å². The Bertz CT molecular complexity index is 1310. The van der Waals surface area contributed by atoms with Crippen molar-refractivity contribution in [3.63, 3.8) is 0 Å². The molecular formula is C25H28FN5O5. The zero-order valence-corrected chi connectivity index (χ0v) is 20.1. The molecular weight excluding hydrogens is 469 g/mol. The molecule has 2 aromatic heterocycles. The van der Waals surface area contributed by atoms with Crippen LogP contribution in [0.4, 0.5) is 4.39 Å². The fourth-order valence-corrected chi connectivity index (χ4v) is 4.41. The number of fused-ring (bicyclic) bond motifs is 1. The molecule has 2 fully saturated rings. The van der Waals surface area contributed by atoms with Crippen LogP contribution in [0.1, 0.15) is 36.5 Å². The number of benzene rings is 1. The van der Waals surface area contributed by atoms with Gasteiger partial charge in [-0.1, -0.05) is 0 Å². The number of aromatic amines is 1. The summed E-state index contributed by atoms with van der Waals surface area (Å²) in [4.78, 5) is 38.5. The summed E-state index contributed by atoms with van der Waals surface area (Å²) < 4.78 is 25.6. The molecule has 2 aliphatic rings. The van der Waals surface area contributed by atoms with Crippen LogP contribution in [0, 0.1) is 11.7 Å². The number of aliphatic hydroxyl groups excluding tert-OH is 1. The highest BCUT2D eigenvalue weighted by molar-refractivity contribution is 6.08. The molecule has 1 saturated heterocycles. The molecule has 0 unspecified atom stereocenters. The average molecular weight is 498 g/mol. The van der Waals surface area contributed by atoms with Crippen molar-refractivity contribution in [3.8, 4) is 22.8 Å². The Kier molecular flexibility index (Phi) is 6.48. The number of ether oxygens (including phenoxy) is 2. The molecule has 1 aliphatic carbocycles. The van der Waals surface area contributed by atoms with Crippen LogP contribution in [0.25, 0.3) is 22.3 Å². The minimum absolute atomic E-state index is 0.0533. The Morgan fingerprint density at radius 3 is 2.81 bits per heavy atom. The Morgan fingerprint density at radius 2 is 2.08 bits per heavy atom. The van der Waals surface area contributed by atoms with Crippen LogP contribution >= 0.6 is 0 Å². The predicted octanol–water partition coefficient (Wildman–Crippen LogP) is 2.27. The van der Waals surface area contributed by atoms with Gasteiger partial charge in [0.1, 0.15) is 29.4 Å². The van der Waals surface area contributed by atoms with Crippen LogP contribution in [0.5, 0.6) is 11.5 Å². The van der Waals surface area contributed by atoms with E-state index < -0.39 is 11.9 Å². The summed E-state index contributed by atoms with van der Waals surface area (Å²) in [5, 5.41) is 12.5. The standard InChI is InChI=1S/C25H28FN5O5/c1-13(32)25(34)31-6-5-15(10-31)30-24(33)17-9-27-23-21(28-12-29-22(17)23)16-7-20(35-2)18(26)8-19(16)36-11-14-3-4-14/h7-9,12-15,27,32H,3-6,10-11H2,1-2H3,(H,30,33)/t13-,15+/m0/s1. The number of methoxy groups -OCH3 is 1. The van der Waals surface area contributed by atoms with Gasteiger partial charge in [-0.15, -0.1) is 0 Å². The third kappa shape index (κ3) is 4.70. The van der Waals surface area contributed by atoms with Crippen molar-refractivity contribution in [1.29, 1.82) is 0 Å². The smallest absolute Gasteiger partial charge is 0.255 e. The number of aromatic nitrogens is 3. The van der Waals surface area contributed by atoms with Crippen LogP contribution in [-0.2, 0) is 4.79 Å². The van der Waals surface area contributed by atoms with Crippen LogP contribution in [-0.4, -0.2) is 75.7 Å². The topological polar surface area (TPSA) is 130 Å². The second-order valence-electron chi connectivity index (χ2n) is 9.30. The van der Waals surface area contributed by atoms with Crippen molar-refractivity contribution in [2.75, 3.05) is 26.8 Å². The second-order valence-corrected chi connectivity index (χ2v) is 9.30. The molecule has 11 heteroatoms. The molecule has 2 amide bonds. The second kappa shape index (κ2) is 9.73. The van der Waals surface area contributed by atoms with E-state index in [1.54, 1.807) is 6.20 Å². The molecule has 36 heavy (non-hydrogen) atoms. The molecule has 0 bridgehead atoms. The van der Waals surface area contributed by atoms with Gasteiger partial charge in [0, 0.05) is 37.0 Å². The van der Waals surface area contributed by atoms with E-state index in [0.717, 1.165) is 12.8 Å². The normalized spacial score (nSPS) is 18.3. The first kappa shape index (κ1) is 24.0. The van der Waals surface area contributed by atoms with Gasteiger partial charge in [-0.3, -0.25) is 9.59 Å². The van der Waals surface area contributed by atoms with Gasteiger partial charge in [0.15, 0.2) is 11.6 Å². The van der Waals surface area contributed by atoms with E-state index in [2.05, 4.69) is 20.3 Å². The van der Waals surface area contributed by atoms with Crippen LogP contribution in [0.3, 0.4) is 0 Å². The number of amides is 2. The third-order valence-corrected chi connectivity index (χ3v) is 6.58. The van der Waals surface area contributed by atoms with E-state index in [4.69, 9.17) is 9.47 Å². The predicted molar refractivity (Wildman–Crippen MR) is 128 cm³/mol. The van der Waals surface area contributed by atoms with Gasteiger partial charge in [-0.05, 0) is 38.2 Å². The first-order valence-corrected chi connectivity index (χ1v) is 12.0. The summed E-state index contributed by atoms with van der Waals surface area (Å²) in [6, 6.07) is 2.59. The number of carbonyl (C=O) groups excluding carboxylic acids is 2. The zero-order valence-electron chi connectivity index (χ0n) is 20.1. The highest BCUT2D eigenvalue weighted by atomic mass is 19.1. The molecule has 1 aliphatic heterocycles. The maximum absolute atomic E-state index is 14.5. The first-order valence-electron chi connectivity index (χ1n) is 12.0. The van der Waals surface area contributed by atoms with Crippen LogP contribution < -0.4 is 14.8 Å². The van der Waals surface area contributed by atoms with Crippen molar-refractivity contribution < 1.29 is 28.6 Å². The van der Waals surface area contributed by atoms with Crippen molar-refractivity contribution in [2.24, 2.45) is 5.92 Å². The monoisotopic (exact) mass is 497 g/mol. The maximum atomic E-state index is 14.5. The maximum Gasteiger partial charge on any atom is 0.255 e. The Hall–Kier alpha value is -3.73. The van der Waals surface area contributed by atoms with Gasteiger partial charge in [0.2, 0.25) is 0 Å². The fourth-order valence-electron chi connectivity index (χ4n) is 4.41. The Labute approximate surface area is 206 Å². The minimum atomic E-state index is -1.08. The average Bonchev–Trinajstić information content (AvgIpc) is 3.40. The zero-order chi connectivity index (χ0) is 25.4. The summed E-state index contributed by atoms with van der Waals surface area (Å²) in [5.41, 5.74) is 2.22. The highest BCUT2D eigenvalue weighted by Crippen LogP contribution is 2.39.